The molecule has 0 atom stereocenters. The first kappa shape index (κ1) is 16.5. The summed E-state index contributed by atoms with van der Waals surface area (Å²) in [5.41, 5.74) is 3.18. The molecule has 4 heteroatoms. The van der Waals surface area contributed by atoms with Crippen LogP contribution in [0.5, 0.6) is 0 Å². The van der Waals surface area contributed by atoms with Gasteiger partial charge in [0.25, 0.3) is 0 Å². The average molecular weight is 318 g/mol. The van der Waals surface area contributed by atoms with Gasteiger partial charge in [0.05, 0.1) is 5.56 Å². The first-order chi connectivity index (χ1) is 10.4. The van der Waals surface area contributed by atoms with Gasteiger partial charge in [0.1, 0.15) is 5.60 Å². The van der Waals surface area contributed by atoms with Crippen LogP contribution in [0, 0.1) is 0 Å². The highest BCUT2D eigenvalue weighted by Gasteiger charge is 2.18. The summed E-state index contributed by atoms with van der Waals surface area (Å²) in [5, 5.41) is 0. The maximum Gasteiger partial charge on any atom is 0.340 e. The first-order valence-electron chi connectivity index (χ1n) is 7.18. The molecule has 0 saturated heterocycles. The van der Waals surface area contributed by atoms with Crippen molar-refractivity contribution < 1.29 is 9.53 Å². The molecular formula is C18H20ClNO2. The van der Waals surface area contributed by atoms with E-state index in [1.54, 1.807) is 6.20 Å². The maximum atomic E-state index is 12.1. The predicted octanol–water partition coefficient (Wildman–Crippen LogP) is 4.37. The summed E-state index contributed by atoms with van der Waals surface area (Å²) in [6.45, 7) is 5.54. The number of carbonyl (C=O) groups excluding carboxylic acids is 1. The largest absolute Gasteiger partial charge is 0.456 e. The zero-order valence-electron chi connectivity index (χ0n) is 13.1. The molecule has 2 rings (SSSR count). The SMILES string of the molecule is CC(C)(C)OC(=O)c1cncc(Cc2ccc(CCl)cc2)c1. The summed E-state index contributed by atoms with van der Waals surface area (Å²) in [5.74, 6) is 0.162. The highest BCUT2D eigenvalue weighted by molar-refractivity contribution is 6.17. The summed E-state index contributed by atoms with van der Waals surface area (Å²) in [6, 6.07) is 9.92. The van der Waals surface area contributed by atoms with Crippen LogP contribution in [0.1, 0.15) is 47.8 Å². The number of rotatable bonds is 4. The van der Waals surface area contributed by atoms with Crippen LogP contribution in [0.25, 0.3) is 0 Å². The molecule has 1 aromatic carbocycles. The third kappa shape index (κ3) is 4.85. The topological polar surface area (TPSA) is 39.2 Å². The lowest BCUT2D eigenvalue weighted by Crippen LogP contribution is -2.24. The molecule has 0 unspecified atom stereocenters. The van der Waals surface area contributed by atoms with Crippen molar-refractivity contribution in [1.82, 2.24) is 4.98 Å². The number of esters is 1. The Morgan fingerprint density at radius 1 is 1.09 bits per heavy atom. The maximum absolute atomic E-state index is 12.1. The van der Waals surface area contributed by atoms with Crippen LogP contribution in [0.2, 0.25) is 0 Å². The Morgan fingerprint density at radius 2 is 1.73 bits per heavy atom. The summed E-state index contributed by atoms with van der Waals surface area (Å²) < 4.78 is 5.37. The molecule has 0 spiro atoms. The smallest absolute Gasteiger partial charge is 0.340 e. The summed E-state index contributed by atoms with van der Waals surface area (Å²) in [4.78, 5) is 16.2. The molecule has 1 aromatic heterocycles. The average Bonchev–Trinajstić information content (AvgIpc) is 2.46. The molecule has 0 aliphatic rings. The summed E-state index contributed by atoms with van der Waals surface area (Å²) in [7, 11) is 0. The molecule has 0 fully saturated rings. The number of carbonyl (C=O) groups is 1. The summed E-state index contributed by atoms with van der Waals surface area (Å²) >= 11 is 5.79. The van der Waals surface area contributed by atoms with Gasteiger partial charge in [-0.25, -0.2) is 4.79 Å². The van der Waals surface area contributed by atoms with E-state index in [-0.39, 0.29) is 5.97 Å². The zero-order valence-corrected chi connectivity index (χ0v) is 13.9. The minimum Gasteiger partial charge on any atom is -0.456 e. The van der Waals surface area contributed by atoms with Crippen molar-refractivity contribution in [3.8, 4) is 0 Å². The third-order valence-electron chi connectivity index (χ3n) is 3.01. The lowest BCUT2D eigenvalue weighted by molar-refractivity contribution is 0.00689. The number of halogens is 1. The number of nitrogens with zero attached hydrogens (tertiary/aromatic N) is 1. The van der Waals surface area contributed by atoms with Gasteiger partial charge < -0.3 is 4.74 Å². The molecule has 0 radical (unpaired) electrons. The van der Waals surface area contributed by atoms with E-state index in [1.165, 1.54) is 6.20 Å². The van der Waals surface area contributed by atoms with Crippen LogP contribution in [-0.2, 0) is 17.0 Å². The van der Waals surface area contributed by atoms with Gasteiger partial charge in [-0.15, -0.1) is 11.6 Å². The van der Waals surface area contributed by atoms with Gasteiger partial charge in [-0.3, -0.25) is 4.98 Å². The zero-order chi connectivity index (χ0) is 16.2. The number of alkyl halides is 1. The molecule has 116 valence electrons. The number of benzene rings is 1. The second-order valence-electron chi connectivity index (χ2n) is 6.21. The number of hydrogen-bond donors (Lipinski definition) is 0. The minimum atomic E-state index is -0.509. The van der Waals surface area contributed by atoms with Crippen LogP contribution in [0.3, 0.4) is 0 Å². The van der Waals surface area contributed by atoms with Gasteiger partial charge in [-0.1, -0.05) is 24.3 Å². The standard InChI is InChI=1S/C18H20ClNO2/c1-18(2,3)22-17(21)16-9-15(11-20-12-16)8-13-4-6-14(10-19)7-5-13/h4-7,9,11-12H,8,10H2,1-3H3. The predicted molar refractivity (Wildman–Crippen MR) is 88.2 cm³/mol. The van der Waals surface area contributed by atoms with Gasteiger partial charge in [0.15, 0.2) is 0 Å². The second kappa shape index (κ2) is 6.93. The van der Waals surface area contributed by atoms with Crippen LogP contribution in [0.4, 0.5) is 0 Å². The van der Waals surface area contributed by atoms with Gasteiger partial charge in [0.2, 0.25) is 0 Å². The second-order valence-corrected chi connectivity index (χ2v) is 6.48. The van der Waals surface area contributed by atoms with E-state index in [4.69, 9.17) is 16.3 Å². The van der Waals surface area contributed by atoms with E-state index in [1.807, 2.05) is 51.1 Å². The van der Waals surface area contributed by atoms with E-state index in [0.29, 0.717) is 17.9 Å². The van der Waals surface area contributed by atoms with E-state index in [9.17, 15) is 4.79 Å². The number of aromatic nitrogens is 1. The highest BCUT2D eigenvalue weighted by Crippen LogP contribution is 2.15. The van der Waals surface area contributed by atoms with Crippen molar-refractivity contribution in [2.45, 2.75) is 38.7 Å². The molecule has 0 amide bonds. The minimum absolute atomic E-state index is 0.348. The first-order valence-corrected chi connectivity index (χ1v) is 7.72. The van der Waals surface area contributed by atoms with Gasteiger partial charge in [0, 0.05) is 18.3 Å². The molecule has 3 nitrogen and oxygen atoms in total. The van der Waals surface area contributed by atoms with E-state index < -0.39 is 5.60 Å². The molecule has 0 saturated carbocycles. The lowest BCUT2D eigenvalue weighted by atomic mass is 10.0. The van der Waals surface area contributed by atoms with Crippen molar-refractivity contribution in [2.24, 2.45) is 0 Å². The Balaban J connectivity index is 2.12. The monoisotopic (exact) mass is 317 g/mol. The van der Waals surface area contributed by atoms with Gasteiger partial charge in [-0.2, -0.15) is 0 Å². The fourth-order valence-electron chi connectivity index (χ4n) is 2.01. The third-order valence-corrected chi connectivity index (χ3v) is 3.32. The Labute approximate surface area is 136 Å². The molecule has 22 heavy (non-hydrogen) atoms. The fraction of sp³-hybridized carbons (Fsp3) is 0.333. The van der Waals surface area contributed by atoms with Crippen LogP contribution < -0.4 is 0 Å². The lowest BCUT2D eigenvalue weighted by Gasteiger charge is -2.19. The number of hydrogen-bond acceptors (Lipinski definition) is 3. The molecule has 0 aliphatic heterocycles. The molecule has 0 N–H and O–H groups in total. The Morgan fingerprint density at radius 3 is 2.32 bits per heavy atom. The Bertz CT molecular complexity index is 645. The summed E-state index contributed by atoms with van der Waals surface area (Å²) in [6.07, 6.45) is 4.02. The number of ether oxygens (including phenoxy) is 1. The van der Waals surface area contributed by atoms with Crippen LogP contribution >= 0.6 is 11.6 Å². The van der Waals surface area contributed by atoms with Crippen molar-refractivity contribution in [1.29, 1.82) is 0 Å². The van der Waals surface area contributed by atoms with Crippen molar-refractivity contribution in [3.05, 3.63) is 65.0 Å². The van der Waals surface area contributed by atoms with Crippen molar-refractivity contribution >= 4 is 17.6 Å². The van der Waals surface area contributed by atoms with Crippen LogP contribution in [0.15, 0.2) is 42.7 Å². The van der Waals surface area contributed by atoms with Crippen LogP contribution in [-0.4, -0.2) is 16.6 Å². The molecular weight excluding hydrogens is 298 g/mol. The Hall–Kier alpha value is -1.87. The molecule has 2 aromatic rings. The van der Waals surface area contributed by atoms with E-state index in [0.717, 1.165) is 16.7 Å². The van der Waals surface area contributed by atoms with Gasteiger partial charge >= 0.3 is 5.97 Å². The fourth-order valence-corrected chi connectivity index (χ4v) is 2.19. The van der Waals surface area contributed by atoms with E-state index in [2.05, 4.69) is 4.98 Å². The molecule has 0 aliphatic carbocycles. The van der Waals surface area contributed by atoms with Gasteiger partial charge in [-0.05, 0) is 49.9 Å². The highest BCUT2D eigenvalue weighted by atomic mass is 35.5. The Kier molecular flexibility index (Phi) is 5.19. The van der Waals surface area contributed by atoms with Crippen molar-refractivity contribution in [2.75, 3.05) is 0 Å². The normalized spacial score (nSPS) is 11.3. The number of pyridine rings is 1. The van der Waals surface area contributed by atoms with Crippen molar-refractivity contribution in [3.63, 3.8) is 0 Å². The van der Waals surface area contributed by atoms with E-state index >= 15 is 0 Å². The molecule has 1 heterocycles. The molecule has 0 bridgehead atoms. The quantitative estimate of drug-likeness (QED) is 0.621.